The number of hydrogen-bond acceptors (Lipinski definition) is 0. The maximum atomic E-state index is 12.2. The van der Waals surface area contributed by atoms with E-state index in [-0.39, 0.29) is 0 Å². The highest BCUT2D eigenvalue weighted by atomic mass is 19.4. The lowest BCUT2D eigenvalue weighted by Crippen LogP contribution is -2.04. The first-order chi connectivity index (χ1) is 6.07. The average molecular weight is 184 g/mol. The van der Waals surface area contributed by atoms with Gasteiger partial charge in [-0.05, 0) is 6.07 Å². The van der Waals surface area contributed by atoms with Crippen molar-refractivity contribution in [2.45, 2.75) is 6.18 Å². The van der Waals surface area contributed by atoms with E-state index < -0.39 is 11.9 Å². The zero-order valence-electron chi connectivity index (χ0n) is 6.44. The van der Waals surface area contributed by atoms with E-state index in [4.69, 9.17) is 0 Å². The molecule has 1 aromatic heterocycles. The number of nitrogens with one attached hydrogen (secondary N) is 1. The molecule has 0 amide bonds. The van der Waals surface area contributed by atoms with Gasteiger partial charge in [-0.1, -0.05) is 18.2 Å². The van der Waals surface area contributed by atoms with Gasteiger partial charge < -0.3 is 4.98 Å². The van der Waals surface area contributed by atoms with Crippen LogP contribution in [0.3, 0.4) is 0 Å². The molecule has 0 aliphatic rings. The van der Waals surface area contributed by atoms with Crippen LogP contribution >= 0.6 is 0 Å². The van der Waals surface area contributed by atoms with E-state index in [0.29, 0.717) is 10.9 Å². The van der Waals surface area contributed by atoms with E-state index in [2.05, 4.69) is 11.1 Å². The molecule has 1 aromatic carbocycles. The summed E-state index contributed by atoms with van der Waals surface area (Å²) in [7, 11) is 0. The van der Waals surface area contributed by atoms with E-state index >= 15 is 0 Å². The van der Waals surface area contributed by atoms with Gasteiger partial charge in [0.25, 0.3) is 0 Å². The Hall–Kier alpha value is -1.45. The number of hydrogen-bond donors (Lipinski definition) is 1. The van der Waals surface area contributed by atoms with Gasteiger partial charge in [-0.2, -0.15) is 13.2 Å². The van der Waals surface area contributed by atoms with Gasteiger partial charge in [0.15, 0.2) is 0 Å². The minimum Gasteiger partial charge on any atom is -0.350 e. The molecule has 0 aliphatic heterocycles. The Morgan fingerprint density at radius 1 is 1.15 bits per heavy atom. The molecule has 13 heavy (non-hydrogen) atoms. The maximum absolute atomic E-state index is 12.2. The van der Waals surface area contributed by atoms with Crippen LogP contribution in [-0.4, -0.2) is 4.98 Å². The van der Waals surface area contributed by atoms with Crippen molar-refractivity contribution in [1.29, 1.82) is 0 Å². The van der Waals surface area contributed by atoms with Gasteiger partial charge in [0.05, 0.1) is 0 Å². The molecule has 1 nitrogen and oxygen atoms in total. The summed E-state index contributed by atoms with van der Waals surface area (Å²) in [4.78, 5) is 2.25. The van der Waals surface area contributed by atoms with Crippen molar-refractivity contribution in [1.82, 2.24) is 4.98 Å². The summed E-state index contributed by atoms with van der Waals surface area (Å²) in [5.74, 6) is 0. The number of para-hydroxylation sites is 1. The van der Waals surface area contributed by atoms with Gasteiger partial charge in [0.1, 0.15) is 5.69 Å². The summed E-state index contributed by atoms with van der Waals surface area (Å²) in [5, 5.41) is 0.454. The van der Waals surface area contributed by atoms with E-state index in [1.807, 2.05) is 0 Å². The van der Waals surface area contributed by atoms with Gasteiger partial charge in [0.2, 0.25) is 0 Å². The van der Waals surface area contributed by atoms with E-state index in [0.717, 1.165) is 0 Å². The summed E-state index contributed by atoms with van der Waals surface area (Å²) in [6, 6.07) is 8.77. The Morgan fingerprint density at radius 3 is 2.46 bits per heavy atom. The molecule has 0 aliphatic carbocycles. The number of aromatic nitrogens is 1. The van der Waals surface area contributed by atoms with Crippen LogP contribution in [0.25, 0.3) is 10.9 Å². The van der Waals surface area contributed by atoms with Crippen LogP contribution in [0.1, 0.15) is 5.69 Å². The molecular formula is C9H5F3N. The summed E-state index contributed by atoms with van der Waals surface area (Å²) < 4.78 is 36.5. The molecular weight excluding hydrogens is 179 g/mol. The number of alkyl halides is 3. The summed E-state index contributed by atoms with van der Waals surface area (Å²) in [5.41, 5.74) is -0.372. The van der Waals surface area contributed by atoms with Gasteiger partial charge >= 0.3 is 6.18 Å². The molecule has 2 aromatic rings. The van der Waals surface area contributed by atoms with Crippen molar-refractivity contribution in [3.63, 3.8) is 0 Å². The zero-order valence-corrected chi connectivity index (χ0v) is 6.44. The number of rotatable bonds is 0. The lowest BCUT2D eigenvalue weighted by molar-refractivity contribution is -0.140. The van der Waals surface area contributed by atoms with Crippen LogP contribution in [0.5, 0.6) is 0 Å². The molecule has 67 valence electrons. The van der Waals surface area contributed by atoms with Gasteiger partial charge in [-0.25, -0.2) is 0 Å². The van der Waals surface area contributed by atoms with E-state index in [9.17, 15) is 13.2 Å². The zero-order chi connectivity index (χ0) is 9.47. The van der Waals surface area contributed by atoms with Crippen LogP contribution < -0.4 is 0 Å². The lowest BCUT2D eigenvalue weighted by Gasteiger charge is -2.00. The molecule has 0 saturated carbocycles. The first-order valence-corrected chi connectivity index (χ1v) is 3.64. The number of halogens is 3. The molecule has 2 rings (SSSR count). The number of benzene rings is 1. The SMILES string of the molecule is FC(F)(F)c1[c]c2ccccc2[nH]1. The van der Waals surface area contributed by atoms with Crippen molar-refractivity contribution >= 4 is 10.9 Å². The highest BCUT2D eigenvalue weighted by Gasteiger charge is 2.32. The second kappa shape index (κ2) is 2.52. The third-order valence-corrected chi connectivity index (χ3v) is 1.73. The van der Waals surface area contributed by atoms with Crippen LogP contribution in [0.4, 0.5) is 13.2 Å². The molecule has 0 bridgehead atoms. The minimum atomic E-state index is -4.35. The highest BCUT2D eigenvalue weighted by molar-refractivity contribution is 5.79. The average Bonchev–Trinajstić information content (AvgIpc) is 2.45. The molecule has 4 heteroatoms. The normalized spacial score (nSPS) is 12.2. The Labute approximate surface area is 72.2 Å². The molecule has 0 unspecified atom stereocenters. The van der Waals surface area contributed by atoms with Crippen molar-refractivity contribution in [3.05, 3.63) is 36.0 Å². The fourth-order valence-electron chi connectivity index (χ4n) is 1.14. The first-order valence-electron chi connectivity index (χ1n) is 3.64. The summed E-state index contributed by atoms with van der Waals surface area (Å²) in [6.45, 7) is 0. The predicted octanol–water partition coefficient (Wildman–Crippen LogP) is 2.99. The maximum Gasteiger partial charge on any atom is 0.431 e. The Balaban J connectivity index is 2.63. The van der Waals surface area contributed by atoms with E-state index in [1.54, 1.807) is 24.3 Å². The van der Waals surface area contributed by atoms with Gasteiger partial charge in [-0.15, -0.1) is 0 Å². The highest BCUT2D eigenvalue weighted by Crippen LogP contribution is 2.30. The molecule has 1 radical (unpaired) electrons. The standard InChI is InChI=1S/C9H5F3N/c10-9(11,12)8-5-6-3-1-2-4-7(6)13-8/h1-4,13H. The van der Waals surface area contributed by atoms with Gasteiger partial charge in [-0.3, -0.25) is 0 Å². The van der Waals surface area contributed by atoms with Crippen LogP contribution in [0.15, 0.2) is 24.3 Å². The quantitative estimate of drug-likeness (QED) is 0.647. The number of aromatic amines is 1. The minimum absolute atomic E-state index is 0.454. The Morgan fingerprint density at radius 2 is 1.85 bits per heavy atom. The first kappa shape index (κ1) is 8.16. The Kier molecular flexibility index (Phi) is 1.58. The third-order valence-electron chi connectivity index (χ3n) is 1.73. The molecule has 0 atom stereocenters. The van der Waals surface area contributed by atoms with Crippen molar-refractivity contribution in [2.75, 3.05) is 0 Å². The second-order valence-electron chi connectivity index (χ2n) is 2.67. The smallest absolute Gasteiger partial charge is 0.350 e. The fourth-order valence-corrected chi connectivity index (χ4v) is 1.14. The van der Waals surface area contributed by atoms with Crippen LogP contribution in [0, 0.1) is 6.07 Å². The summed E-state index contributed by atoms with van der Waals surface area (Å²) >= 11 is 0. The molecule has 0 spiro atoms. The predicted molar refractivity (Wildman–Crippen MR) is 42.1 cm³/mol. The third kappa shape index (κ3) is 1.39. The van der Waals surface area contributed by atoms with Crippen molar-refractivity contribution in [2.24, 2.45) is 0 Å². The Bertz CT molecular complexity index is 395. The monoisotopic (exact) mass is 184 g/mol. The number of H-pyrrole nitrogens is 1. The number of fused-ring (bicyclic) bond motifs is 1. The largest absolute Gasteiger partial charge is 0.431 e. The van der Waals surface area contributed by atoms with Crippen LogP contribution in [-0.2, 0) is 6.18 Å². The topological polar surface area (TPSA) is 15.8 Å². The molecule has 1 heterocycles. The van der Waals surface area contributed by atoms with Crippen molar-refractivity contribution < 1.29 is 13.2 Å². The van der Waals surface area contributed by atoms with Crippen LogP contribution in [0.2, 0.25) is 0 Å². The van der Waals surface area contributed by atoms with Gasteiger partial charge in [0, 0.05) is 17.0 Å². The van der Waals surface area contributed by atoms with E-state index in [1.165, 1.54) is 0 Å². The molecule has 1 N–H and O–H groups in total. The second-order valence-corrected chi connectivity index (χ2v) is 2.67. The summed E-state index contributed by atoms with van der Waals surface area (Å²) in [6.07, 6.45) is -4.35. The molecule has 0 fully saturated rings. The van der Waals surface area contributed by atoms with Crippen molar-refractivity contribution in [3.8, 4) is 0 Å². The molecule has 0 saturated heterocycles. The fraction of sp³-hybridized carbons (Fsp3) is 0.111. The lowest BCUT2D eigenvalue weighted by atomic mass is 10.2.